The van der Waals surface area contributed by atoms with Crippen LogP contribution in [-0.2, 0) is 54.2 Å². The van der Waals surface area contributed by atoms with Crippen LogP contribution < -0.4 is 0 Å². The maximum atomic E-state index is 13.0. The molecule has 1 N–H and O–H groups in total. The number of hydrogen-bond donors (Lipinski definition) is 1. The number of carbonyl (C=O) groups is 4. The molecular weight excluding hydrogens is 533 g/mol. The van der Waals surface area contributed by atoms with Gasteiger partial charge in [0, 0.05) is 20.8 Å². The minimum absolute atomic E-state index is 0.173. The summed E-state index contributed by atoms with van der Waals surface area (Å²) in [6.07, 6.45) is -8.41. The van der Waals surface area contributed by atoms with Crippen molar-refractivity contribution < 1.29 is 47.6 Å². The van der Waals surface area contributed by atoms with Crippen molar-refractivity contribution in [2.75, 3.05) is 0 Å². The lowest BCUT2D eigenvalue weighted by molar-refractivity contribution is -0.286. The maximum Gasteiger partial charge on any atom is 0.339 e. The van der Waals surface area contributed by atoms with E-state index >= 15 is 0 Å². The largest absolute Gasteiger partial charge is 0.459 e. The lowest BCUT2D eigenvalue weighted by Crippen LogP contribution is -2.64. The van der Waals surface area contributed by atoms with Crippen molar-refractivity contribution in [1.82, 2.24) is 0 Å². The first-order valence-corrected chi connectivity index (χ1v) is 11.1. The first-order chi connectivity index (χ1) is 16.3. The van der Waals surface area contributed by atoms with Gasteiger partial charge in [0.15, 0.2) is 18.3 Å². The first kappa shape index (κ1) is 28.6. The molecule has 2 rings (SSSR count). The van der Waals surface area contributed by atoms with Crippen LogP contribution in [0.15, 0.2) is 30.3 Å². The predicted octanol–water partition coefficient (Wildman–Crippen LogP) is 2.61. The molecule has 192 valence electrons. The third-order valence-electron chi connectivity index (χ3n) is 4.35. The van der Waals surface area contributed by atoms with E-state index in [4.69, 9.17) is 68.6 Å². The summed E-state index contributed by atoms with van der Waals surface area (Å²) < 4.78 is 29.3. The van der Waals surface area contributed by atoms with Gasteiger partial charge in [0.2, 0.25) is 18.3 Å². The maximum absolute atomic E-state index is 13.0. The number of nitrogens with one attached hydrogen (secondary N) is 1. The third-order valence-corrected chi connectivity index (χ3v) is 4.86. The average Bonchev–Trinajstić information content (AvgIpc) is 2.74. The molecule has 0 bridgehead atoms. The Balaban J connectivity index is 2.44. The lowest BCUT2D eigenvalue weighted by atomic mass is 9.97. The predicted molar refractivity (Wildman–Crippen MR) is 121 cm³/mol. The molecule has 1 aliphatic heterocycles. The molecule has 0 unspecified atom stereocenters. The summed E-state index contributed by atoms with van der Waals surface area (Å²) in [7, 11) is 0. The molecule has 1 saturated heterocycles. The smallest absolute Gasteiger partial charge is 0.339 e. The number of carbonyl (C=O) groups excluding carboxylic acids is 4. The molecule has 1 aromatic rings. The zero-order valence-corrected chi connectivity index (χ0v) is 21.0. The standard InChI is InChI=1S/C21H22Cl3NO10/c1-10(26)31-14-15(32-11(2)27)17(33-12(3)28)19(35-20(25)21(22,23)24)34-16(14)18(29)30-9-13-7-5-4-6-8-13/h4-8,14-17,19,25H,9H2,1-3H3/t14-,15-,16-,17-,19-/m0/s1. The van der Waals surface area contributed by atoms with Gasteiger partial charge in [0.05, 0.1) is 0 Å². The minimum Gasteiger partial charge on any atom is -0.459 e. The SMILES string of the molecule is CC(=O)O[C@@H]1[C@H](OC(C)=O)[C@H](OC(=N)C(Cl)(Cl)Cl)O[C@H](C(=O)OCc2ccccc2)[C@H]1OC(C)=O. The molecule has 1 aliphatic rings. The summed E-state index contributed by atoms with van der Waals surface area (Å²) in [5.74, 6) is -4.61. The molecule has 1 fully saturated rings. The van der Waals surface area contributed by atoms with E-state index in [0.717, 1.165) is 20.8 Å². The zero-order valence-electron chi connectivity index (χ0n) is 18.7. The van der Waals surface area contributed by atoms with E-state index in [9.17, 15) is 19.2 Å². The van der Waals surface area contributed by atoms with Crippen molar-refractivity contribution in [3.8, 4) is 0 Å². The zero-order chi connectivity index (χ0) is 26.3. The van der Waals surface area contributed by atoms with Gasteiger partial charge < -0.3 is 28.4 Å². The number of halogens is 3. The van der Waals surface area contributed by atoms with Crippen LogP contribution in [-0.4, -0.2) is 64.3 Å². The van der Waals surface area contributed by atoms with Gasteiger partial charge in [-0.1, -0.05) is 65.1 Å². The van der Waals surface area contributed by atoms with E-state index in [1.807, 2.05) is 0 Å². The van der Waals surface area contributed by atoms with E-state index in [1.54, 1.807) is 30.3 Å². The summed E-state index contributed by atoms with van der Waals surface area (Å²) in [5.41, 5.74) is 0.640. The summed E-state index contributed by atoms with van der Waals surface area (Å²) in [5, 5.41) is 7.84. The second-order valence-corrected chi connectivity index (χ2v) is 9.47. The Hall–Kier alpha value is -2.60. The van der Waals surface area contributed by atoms with Gasteiger partial charge in [-0.25, -0.2) is 4.79 Å². The van der Waals surface area contributed by atoms with Crippen molar-refractivity contribution in [3.05, 3.63) is 35.9 Å². The van der Waals surface area contributed by atoms with Gasteiger partial charge >= 0.3 is 23.9 Å². The minimum atomic E-state index is -2.35. The van der Waals surface area contributed by atoms with Crippen molar-refractivity contribution in [2.45, 2.75) is 61.9 Å². The molecule has 0 saturated carbocycles. The summed E-state index contributed by atoms with van der Waals surface area (Å²) >= 11 is 17.0. The van der Waals surface area contributed by atoms with Crippen LogP contribution in [0.25, 0.3) is 0 Å². The van der Waals surface area contributed by atoms with Crippen LogP contribution in [0.1, 0.15) is 26.3 Å². The van der Waals surface area contributed by atoms with Crippen molar-refractivity contribution in [1.29, 1.82) is 5.41 Å². The molecule has 0 amide bonds. The van der Waals surface area contributed by atoms with Crippen molar-refractivity contribution in [2.24, 2.45) is 0 Å². The Morgan fingerprint density at radius 3 is 1.89 bits per heavy atom. The molecule has 0 spiro atoms. The normalized spacial score (nSPS) is 24.0. The van der Waals surface area contributed by atoms with Crippen LogP contribution in [0.2, 0.25) is 0 Å². The Morgan fingerprint density at radius 1 is 0.857 bits per heavy atom. The molecule has 5 atom stereocenters. The van der Waals surface area contributed by atoms with Gasteiger partial charge in [0.25, 0.3) is 3.79 Å². The molecule has 11 nitrogen and oxygen atoms in total. The van der Waals surface area contributed by atoms with Gasteiger partial charge in [-0.3, -0.25) is 19.8 Å². The van der Waals surface area contributed by atoms with E-state index in [-0.39, 0.29) is 6.61 Å². The fourth-order valence-electron chi connectivity index (χ4n) is 3.05. The van der Waals surface area contributed by atoms with E-state index in [1.165, 1.54) is 0 Å². The highest BCUT2D eigenvalue weighted by molar-refractivity contribution is 6.76. The third kappa shape index (κ3) is 8.53. The summed E-state index contributed by atoms with van der Waals surface area (Å²) in [4.78, 5) is 48.4. The quantitative estimate of drug-likeness (QED) is 0.175. The number of esters is 4. The van der Waals surface area contributed by atoms with E-state index in [0.29, 0.717) is 5.56 Å². The van der Waals surface area contributed by atoms with Gasteiger partial charge in [-0.15, -0.1) is 0 Å². The molecule has 14 heteroatoms. The Morgan fingerprint density at radius 2 is 1.37 bits per heavy atom. The monoisotopic (exact) mass is 553 g/mol. The molecule has 0 radical (unpaired) electrons. The Kier molecular flexibility index (Phi) is 10.1. The fraction of sp³-hybridized carbons (Fsp3) is 0.476. The topological polar surface area (TPSA) is 148 Å². The van der Waals surface area contributed by atoms with Crippen molar-refractivity contribution in [3.63, 3.8) is 0 Å². The Labute approximate surface area is 215 Å². The highest BCUT2D eigenvalue weighted by Gasteiger charge is 2.56. The number of alkyl halides is 3. The van der Waals surface area contributed by atoms with Gasteiger partial charge in [-0.2, -0.15) is 0 Å². The molecule has 0 aliphatic carbocycles. The van der Waals surface area contributed by atoms with Gasteiger partial charge in [-0.05, 0) is 5.56 Å². The summed E-state index contributed by atoms with van der Waals surface area (Å²) in [6, 6.07) is 8.63. The molecule has 1 aromatic carbocycles. The Bertz CT molecular complexity index is 952. The second kappa shape index (κ2) is 12.4. The number of ether oxygens (including phenoxy) is 6. The lowest BCUT2D eigenvalue weighted by Gasteiger charge is -2.43. The molecule has 35 heavy (non-hydrogen) atoms. The van der Waals surface area contributed by atoms with Crippen LogP contribution in [0.5, 0.6) is 0 Å². The van der Waals surface area contributed by atoms with E-state index in [2.05, 4.69) is 0 Å². The van der Waals surface area contributed by atoms with Crippen LogP contribution in [0, 0.1) is 5.41 Å². The molecule has 1 heterocycles. The highest BCUT2D eigenvalue weighted by Crippen LogP contribution is 2.34. The van der Waals surface area contributed by atoms with Crippen molar-refractivity contribution >= 4 is 64.6 Å². The number of benzene rings is 1. The number of rotatable bonds is 7. The highest BCUT2D eigenvalue weighted by atomic mass is 35.6. The molecule has 0 aromatic heterocycles. The van der Waals surface area contributed by atoms with Gasteiger partial charge in [0.1, 0.15) is 6.61 Å². The molecular formula is C21H22Cl3NO10. The average molecular weight is 555 g/mol. The van der Waals surface area contributed by atoms with Crippen LogP contribution in [0.4, 0.5) is 0 Å². The van der Waals surface area contributed by atoms with E-state index < -0.39 is 64.3 Å². The van der Waals surface area contributed by atoms with Crippen LogP contribution in [0.3, 0.4) is 0 Å². The van der Waals surface area contributed by atoms with Crippen LogP contribution >= 0.6 is 34.8 Å². The first-order valence-electron chi connectivity index (χ1n) is 9.99. The fourth-order valence-corrected chi connectivity index (χ4v) is 3.19. The number of hydrogen-bond acceptors (Lipinski definition) is 11. The summed E-state index contributed by atoms with van der Waals surface area (Å²) in [6.45, 7) is 2.93. The second-order valence-electron chi connectivity index (χ2n) is 7.19.